The molecular weight excluding hydrogens is 716 g/mol. The van der Waals surface area contributed by atoms with Crippen LogP contribution in [0.5, 0.6) is 0 Å². The lowest BCUT2D eigenvalue weighted by atomic mass is 10.0. The Kier molecular flexibility index (Phi) is 28.1. The minimum atomic E-state index is -4.76. The molecule has 0 saturated heterocycles. The molecule has 0 bridgehead atoms. The lowest BCUT2D eigenvalue weighted by molar-refractivity contribution is -0.142. The molecule has 0 aromatic heterocycles. The number of nitrogens with one attached hydrogen (secondary N) is 4. The van der Waals surface area contributed by atoms with Crippen molar-refractivity contribution in [3.8, 4) is 0 Å². The minimum absolute atomic E-state index is 0.0145. The summed E-state index contributed by atoms with van der Waals surface area (Å²) in [6.07, 6.45) is 12.6. The highest BCUT2D eigenvalue weighted by atomic mass is 32.2. The quantitative estimate of drug-likeness (QED) is 0.0258. The molecule has 17 nitrogen and oxygen atoms in total. The van der Waals surface area contributed by atoms with Crippen LogP contribution in [-0.2, 0) is 38.9 Å². The van der Waals surface area contributed by atoms with Crippen molar-refractivity contribution in [1.29, 1.82) is 0 Å². The van der Waals surface area contributed by atoms with E-state index in [-0.39, 0.29) is 25.2 Å². The maximum atomic E-state index is 12.9. The van der Waals surface area contributed by atoms with Crippen molar-refractivity contribution < 1.29 is 62.2 Å². The molecule has 0 spiro atoms. The highest BCUT2D eigenvalue weighted by Crippen LogP contribution is 2.14. The zero-order valence-corrected chi connectivity index (χ0v) is 32.0. The largest absolute Gasteiger partial charge is 0.481 e. The third-order valence-corrected chi connectivity index (χ3v) is 9.39. The van der Waals surface area contributed by atoms with Gasteiger partial charge in [-0.3, -0.25) is 28.5 Å². The standard InChI is InChI=1S/C35H64N4O13S/c1-2-29(40)36-24-18-17-19-26(34(46)47)37-31(42)23-22-27(35(48)49)39-33(45)28(25-53(50,51)52)38-30(41)20-15-13-11-9-7-5-3-4-6-8-10-12-14-16-21-32(43)44/h26-28,34,46-47H,2-25H2,1H3,(H,36,40)(H,37,42)(H,38,41)(H,39,45)(H,43,44)(H,48,49)(H,50,51,52). The Bertz CT molecular complexity index is 1200. The number of aliphatic hydroxyl groups is 2. The SMILES string of the molecule is CCC(=O)NCCCCC(NC(=O)CCC(NC(=O)C(CS(=O)(=O)O)NC(=O)CCCCCCCCCCCCCCCCC(=O)O)C(=O)O)C(O)O. The van der Waals surface area contributed by atoms with E-state index in [0.29, 0.717) is 32.2 Å². The lowest BCUT2D eigenvalue weighted by Gasteiger charge is -2.22. The van der Waals surface area contributed by atoms with Crippen LogP contribution in [0.2, 0.25) is 0 Å². The highest BCUT2D eigenvalue weighted by Gasteiger charge is 2.30. The first-order valence-electron chi connectivity index (χ1n) is 19.0. The molecule has 0 aliphatic rings. The molecule has 18 heteroatoms. The van der Waals surface area contributed by atoms with Crippen molar-refractivity contribution in [3.05, 3.63) is 0 Å². The summed E-state index contributed by atoms with van der Waals surface area (Å²) in [4.78, 5) is 71.5. The molecule has 3 atom stereocenters. The van der Waals surface area contributed by atoms with Crippen LogP contribution in [0.1, 0.15) is 148 Å². The van der Waals surface area contributed by atoms with Gasteiger partial charge in [-0.25, -0.2) is 4.79 Å². The molecule has 0 radical (unpaired) electrons. The number of carboxylic acids is 2. The summed E-state index contributed by atoms with van der Waals surface area (Å²) < 4.78 is 32.5. The van der Waals surface area contributed by atoms with Crippen LogP contribution in [0.25, 0.3) is 0 Å². The molecule has 0 aliphatic carbocycles. The fraction of sp³-hybridized carbons (Fsp3) is 0.829. The van der Waals surface area contributed by atoms with E-state index in [1.807, 2.05) is 0 Å². The zero-order chi connectivity index (χ0) is 40.1. The molecular formula is C35H64N4O13S. The normalized spacial score (nSPS) is 13.2. The average Bonchev–Trinajstić information content (AvgIpc) is 3.07. The first-order chi connectivity index (χ1) is 25.0. The van der Waals surface area contributed by atoms with Gasteiger partial charge in [0.2, 0.25) is 23.6 Å². The van der Waals surface area contributed by atoms with Crippen molar-refractivity contribution in [3.63, 3.8) is 0 Å². The van der Waals surface area contributed by atoms with Crippen molar-refractivity contribution in [2.24, 2.45) is 0 Å². The molecule has 3 unspecified atom stereocenters. The van der Waals surface area contributed by atoms with E-state index in [9.17, 15) is 57.1 Å². The molecule has 0 aliphatic heterocycles. The maximum Gasteiger partial charge on any atom is 0.326 e. The topological polar surface area (TPSA) is 286 Å². The smallest absolute Gasteiger partial charge is 0.326 e. The number of carbonyl (C=O) groups is 6. The Morgan fingerprint density at radius 3 is 1.51 bits per heavy atom. The predicted molar refractivity (Wildman–Crippen MR) is 196 cm³/mol. The van der Waals surface area contributed by atoms with Gasteiger partial charge in [-0.15, -0.1) is 0 Å². The van der Waals surface area contributed by atoms with Crippen molar-refractivity contribution in [1.82, 2.24) is 21.3 Å². The van der Waals surface area contributed by atoms with E-state index >= 15 is 0 Å². The van der Waals surface area contributed by atoms with E-state index in [0.717, 1.165) is 77.0 Å². The molecule has 0 fully saturated rings. The minimum Gasteiger partial charge on any atom is -0.481 e. The van der Waals surface area contributed by atoms with Gasteiger partial charge in [-0.1, -0.05) is 84.0 Å². The first-order valence-corrected chi connectivity index (χ1v) is 20.6. The van der Waals surface area contributed by atoms with Crippen LogP contribution in [0.3, 0.4) is 0 Å². The van der Waals surface area contributed by atoms with E-state index in [4.69, 9.17) is 5.11 Å². The third kappa shape index (κ3) is 29.8. The molecule has 308 valence electrons. The zero-order valence-electron chi connectivity index (χ0n) is 31.2. The number of rotatable bonds is 34. The molecule has 0 saturated carbocycles. The van der Waals surface area contributed by atoms with E-state index < -0.39 is 82.8 Å². The van der Waals surface area contributed by atoms with Gasteiger partial charge < -0.3 is 41.7 Å². The highest BCUT2D eigenvalue weighted by molar-refractivity contribution is 7.85. The van der Waals surface area contributed by atoms with Crippen LogP contribution in [0, 0.1) is 0 Å². The fourth-order valence-electron chi connectivity index (χ4n) is 5.57. The van der Waals surface area contributed by atoms with Gasteiger partial charge in [-0.05, 0) is 38.5 Å². The summed E-state index contributed by atoms with van der Waals surface area (Å²) >= 11 is 0. The Morgan fingerprint density at radius 2 is 1.06 bits per heavy atom. The Balaban J connectivity index is 4.57. The number of unbranched alkanes of at least 4 members (excludes halogenated alkanes) is 14. The third-order valence-electron chi connectivity index (χ3n) is 8.64. The summed E-state index contributed by atoms with van der Waals surface area (Å²) in [6, 6.07) is -4.53. The molecule has 0 aromatic rings. The van der Waals surface area contributed by atoms with E-state index in [2.05, 4.69) is 21.3 Å². The van der Waals surface area contributed by atoms with Gasteiger partial charge in [-0.2, -0.15) is 8.42 Å². The predicted octanol–water partition coefficient (Wildman–Crippen LogP) is 2.53. The number of carboxylic acid groups (broad SMARTS) is 2. The van der Waals surface area contributed by atoms with Gasteiger partial charge in [0, 0.05) is 32.2 Å². The molecule has 4 amide bonds. The second kappa shape index (κ2) is 30.0. The fourth-order valence-corrected chi connectivity index (χ4v) is 6.22. The summed E-state index contributed by atoms with van der Waals surface area (Å²) in [6.45, 7) is 2.08. The van der Waals surface area contributed by atoms with Gasteiger partial charge in [0.15, 0.2) is 6.29 Å². The van der Waals surface area contributed by atoms with Crippen LogP contribution in [0.4, 0.5) is 0 Å². The summed E-state index contributed by atoms with van der Waals surface area (Å²) in [5, 5.41) is 47.0. The van der Waals surface area contributed by atoms with Gasteiger partial charge in [0.25, 0.3) is 10.1 Å². The Labute approximate surface area is 313 Å². The molecule has 0 aromatic carbocycles. The van der Waals surface area contributed by atoms with Crippen LogP contribution in [0.15, 0.2) is 0 Å². The van der Waals surface area contributed by atoms with Crippen LogP contribution >= 0.6 is 0 Å². The van der Waals surface area contributed by atoms with E-state index in [1.54, 1.807) is 6.92 Å². The Hall–Kier alpha value is -3.35. The van der Waals surface area contributed by atoms with Gasteiger partial charge in [0.05, 0.1) is 6.04 Å². The monoisotopic (exact) mass is 780 g/mol. The molecule has 53 heavy (non-hydrogen) atoms. The van der Waals surface area contributed by atoms with Crippen LogP contribution in [-0.4, -0.2) is 106 Å². The average molecular weight is 781 g/mol. The van der Waals surface area contributed by atoms with Crippen molar-refractivity contribution in [2.75, 3.05) is 12.3 Å². The molecule has 9 N–H and O–H groups in total. The lowest BCUT2D eigenvalue weighted by Crippen LogP contribution is -2.54. The molecule has 0 heterocycles. The number of amides is 4. The summed E-state index contributed by atoms with van der Waals surface area (Å²) in [5.41, 5.74) is 0. The number of hydrogen-bond acceptors (Lipinski definition) is 10. The number of hydrogen-bond donors (Lipinski definition) is 9. The maximum absolute atomic E-state index is 12.9. The first kappa shape index (κ1) is 49.6. The summed E-state index contributed by atoms with van der Waals surface area (Å²) in [7, 11) is -4.76. The Morgan fingerprint density at radius 1 is 0.566 bits per heavy atom. The number of aliphatic hydroxyl groups excluding tert-OH is 1. The summed E-state index contributed by atoms with van der Waals surface area (Å²) in [5.74, 6) is -6.18. The molecule has 0 rings (SSSR count). The number of aliphatic carboxylic acids is 2. The van der Waals surface area contributed by atoms with Gasteiger partial charge >= 0.3 is 11.9 Å². The van der Waals surface area contributed by atoms with Crippen molar-refractivity contribution >= 4 is 45.7 Å². The van der Waals surface area contributed by atoms with Crippen molar-refractivity contribution in [2.45, 2.75) is 173 Å². The second-order valence-corrected chi connectivity index (χ2v) is 14.9. The van der Waals surface area contributed by atoms with E-state index in [1.165, 1.54) is 6.42 Å². The van der Waals surface area contributed by atoms with Crippen LogP contribution < -0.4 is 21.3 Å². The van der Waals surface area contributed by atoms with Gasteiger partial charge in [0.1, 0.15) is 17.8 Å². The number of carbonyl (C=O) groups excluding carboxylic acids is 4. The second-order valence-electron chi connectivity index (χ2n) is 13.4.